The minimum atomic E-state index is 0.106. The fourth-order valence-corrected chi connectivity index (χ4v) is 3.65. The zero-order valence-corrected chi connectivity index (χ0v) is 14.0. The highest BCUT2D eigenvalue weighted by Gasteiger charge is 2.24. The average molecular weight is 304 g/mol. The van der Waals surface area contributed by atoms with E-state index < -0.39 is 0 Å². The highest BCUT2D eigenvalue weighted by molar-refractivity contribution is 7.16. The van der Waals surface area contributed by atoms with Gasteiger partial charge in [0.1, 0.15) is 0 Å². The van der Waals surface area contributed by atoms with Crippen LogP contribution in [0.1, 0.15) is 31.2 Å². The Kier molecular flexibility index (Phi) is 7.32. The Labute approximate surface area is 126 Å². The van der Waals surface area contributed by atoms with E-state index in [9.17, 15) is 0 Å². The van der Waals surface area contributed by atoms with Crippen molar-refractivity contribution < 1.29 is 0 Å². The molecule has 1 heterocycles. The van der Waals surface area contributed by atoms with Gasteiger partial charge in [0.05, 0.1) is 10.4 Å². The van der Waals surface area contributed by atoms with E-state index in [0.717, 1.165) is 30.4 Å². The van der Waals surface area contributed by atoms with Gasteiger partial charge in [0.2, 0.25) is 0 Å². The molecular weight excluding hydrogens is 278 g/mol. The number of nitrogens with two attached hydrogens (primary N) is 1. The maximum absolute atomic E-state index is 6.20. The molecule has 0 spiro atoms. The summed E-state index contributed by atoms with van der Waals surface area (Å²) in [4.78, 5) is 5.94. The third-order valence-electron chi connectivity index (χ3n) is 3.23. The Morgan fingerprint density at radius 2 is 2.00 bits per heavy atom. The molecule has 0 aromatic carbocycles. The molecule has 1 aromatic rings. The van der Waals surface area contributed by atoms with Crippen molar-refractivity contribution in [3.8, 4) is 0 Å². The Morgan fingerprint density at radius 3 is 2.42 bits per heavy atom. The summed E-state index contributed by atoms with van der Waals surface area (Å²) >= 11 is 7.70. The Bertz CT molecular complexity index is 365. The van der Waals surface area contributed by atoms with Gasteiger partial charge in [0, 0.05) is 17.5 Å². The molecule has 0 fully saturated rings. The maximum atomic E-state index is 6.20. The molecule has 0 radical (unpaired) electrons. The standard InChI is InChI=1S/C14H26ClN3S/c1-5-18(10-6-9-17(3)4)14(11(2)16)12-7-8-13(15)19-12/h7-8,11,14H,5-6,9-10,16H2,1-4H3. The Morgan fingerprint density at radius 1 is 1.32 bits per heavy atom. The number of nitrogens with zero attached hydrogens (tertiary/aromatic N) is 2. The van der Waals surface area contributed by atoms with E-state index in [-0.39, 0.29) is 12.1 Å². The number of thiophene rings is 1. The van der Waals surface area contributed by atoms with E-state index in [1.54, 1.807) is 11.3 Å². The molecule has 0 bridgehead atoms. The Hall–Kier alpha value is -0.130. The molecule has 0 aliphatic heterocycles. The quantitative estimate of drug-likeness (QED) is 0.801. The SMILES string of the molecule is CCN(CCCN(C)C)C(c1ccc(Cl)s1)C(C)N. The molecule has 3 nitrogen and oxygen atoms in total. The van der Waals surface area contributed by atoms with Crippen molar-refractivity contribution in [2.24, 2.45) is 5.73 Å². The molecule has 0 saturated heterocycles. The summed E-state index contributed by atoms with van der Waals surface area (Å²) in [5.41, 5.74) is 6.20. The molecule has 5 heteroatoms. The van der Waals surface area contributed by atoms with Crippen LogP contribution in [0.3, 0.4) is 0 Å². The van der Waals surface area contributed by atoms with Crippen molar-refractivity contribution in [3.63, 3.8) is 0 Å². The predicted molar refractivity (Wildman–Crippen MR) is 86.1 cm³/mol. The zero-order chi connectivity index (χ0) is 14.4. The molecule has 2 N–H and O–H groups in total. The second kappa shape index (κ2) is 8.22. The molecule has 19 heavy (non-hydrogen) atoms. The predicted octanol–water partition coefficient (Wildman–Crippen LogP) is 3.06. The molecule has 2 unspecified atom stereocenters. The lowest BCUT2D eigenvalue weighted by molar-refractivity contribution is 0.180. The normalized spacial score (nSPS) is 15.2. The third kappa shape index (κ3) is 5.40. The fourth-order valence-electron chi connectivity index (χ4n) is 2.34. The van der Waals surface area contributed by atoms with E-state index in [1.807, 2.05) is 6.07 Å². The molecule has 0 amide bonds. The number of likely N-dealkylation sites (N-methyl/N-ethyl adjacent to an activating group) is 1. The Balaban J connectivity index is 2.72. The molecule has 1 rings (SSSR count). The summed E-state index contributed by atoms with van der Waals surface area (Å²) in [5.74, 6) is 0. The van der Waals surface area contributed by atoms with E-state index in [2.05, 4.69) is 43.8 Å². The van der Waals surface area contributed by atoms with Crippen LogP contribution < -0.4 is 5.73 Å². The zero-order valence-electron chi connectivity index (χ0n) is 12.4. The van der Waals surface area contributed by atoms with Crippen LogP contribution in [0, 0.1) is 0 Å². The smallest absolute Gasteiger partial charge is 0.0931 e. The van der Waals surface area contributed by atoms with Gasteiger partial charge in [0.25, 0.3) is 0 Å². The van der Waals surface area contributed by atoms with Gasteiger partial charge in [0.15, 0.2) is 0 Å². The molecule has 1 aromatic heterocycles. The summed E-state index contributed by atoms with van der Waals surface area (Å²) in [7, 11) is 4.22. The lowest BCUT2D eigenvalue weighted by Crippen LogP contribution is -2.40. The summed E-state index contributed by atoms with van der Waals surface area (Å²) in [6.07, 6.45) is 1.16. The van der Waals surface area contributed by atoms with E-state index in [1.165, 1.54) is 4.88 Å². The summed E-state index contributed by atoms with van der Waals surface area (Å²) in [5, 5.41) is 0. The third-order valence-corrected chi connectivity index (χ3v) is 4.54. The first-order valence-electron chi connectivity index (χ1n) is 6.85. The molecule has 0 aliphatic carbocycles. The topological polar surface area (TPSA) is 32.5 Å². The van der Waals surface area contributed by atoms with Gasteiger partial charge < -0.3 is 10.6 Å². The van der Waals surface area contributed by atoms with Gasteiger partial charge >= 0.3 is 0 Å². The first-order chi connectivity index (χ1) is 8.95. The van der Waals surface area contributed by atoms with E-state index >= 15 is 0 Å². The second-order valence-electron chi connectivity index (χ2n) is 5.23. The van der Waals surface area contributed by atoms with Gasteiger partial charge in [-0.15, -0.1) is 11.3 Å². The number of hydrogen-bond acceptors (Lipinski definition) is 4. The van der Waals surface area contributed by atoms with Crippen LogP contribution in [-0.2, 0) is 0 Å². The van der Waals surface area contributed by atoms with Gasteiger partial charge in [-0.3, -0.25) is 4.90 Å². The fraction of sp³-hybridized carbons (Fsp3) is 0.714. The van der Waals surface area contributed by atoms with E-state index in [0.29, 0.717) is 0 Å². The van der Waals surface area contributed by atoms with Crippen LogP contribution >= 0.6 is 22.9 Å². The first kappa shape index (κ1) is 16.9. The monoisotopic (exact) mass is 303 g/mol. The summed E-state index contributed by atoms with van der Waals surface area (Å²) < 4.78 is 0.838. The molecule has 0 aliphatic rings. The van der Waals surface area contributed by atoms with Crippen LogP contribution in [-0.4, -0.2) is 49.6 Å². The molecular formula is C14H26ClN3S. The average Bonchev–Trinajstić information content (AvgIpc) is 2.73. The van der Waals surface area contributed by atoms with Gasteiger partial charge in [-0.2, -0.15) is 0 Å². The molecule has 2 atom stereocenters. The first-order valence-corrected chi connectivity index (χ1v) is 8.04. The van der Waals surface area contributed by atoms with Gasteiger partial charge in [-0.25, -0.2) is 0 Å². The van der Waals surface area contributed by atoms with Crippen LogP contribution in [0.5, 0.6) is 0 Å². The van der Waals surface area contributed by atoms with Crippen molar-refractivity contribution >= 4 is 22.9 Å². The highest BCUT2D eigenvalue weighted by Crippen LogP contribution is 2.32. The van der Waals surface area contributed by atoms with Crippen LogP contribution in [0.2, 0.25) is 4.34 Å². The highest BCUT2D eigenvalue weighted by atomic mass is 35.5. The molecule has 0 saturated carbocycles. The van der Waals surface area contributed by atoms with Crippen LogP contribution in [0.4, 0.5) is 0 Å². The van der Waals surface area contributed by atoms with Crippen LogP contribution in [0.25, 0.3) is 0 Å². The maximum Gasteiger partial charge on any atom is 0.0931 e. The second-order valence-corrected chi connectivity index (χ2v) is 6.98. The number of hydrogen-bond donors (Lipinski definition) is 1. The minimum absolute atomic E-state index is 0.106. The van der Waals surface area contributed by atoms with Gasteiger partial charge in [-0.1, -0.05) is 18.5 Å². The minimum Gasteiger partial charge on any atom is -0.326 e. The van der Waals surface area contributed by atoms with Gasteiger partial charge in [-0.05, 0) is 52.7 Å². The summed E-state index contributed by atoms with van der Waals surface area (Å²) in [6, 6.07) is 4.44. The van der Waals surface area contributed by atoms with Crippen molar-refractivity contribution in [2.75, 3.05) is 33.7 Å². The number of rotatable bonds is 8. The lowest BCUT2D eigenvalue weighted by atomic mass is 10.1. The van der Waals surface area contributed by atoms with Crippen LogP contribution in [0.15, 0.2) is 12.1 Å². The van der Waals surface area contributed by atoms with Crippen molar-refractivity contribution in [1.82, 2.24) is 9.80 Å². The van der Waals surface area contributed by atoms with Crippen molar-refractivity contribution in [3.05, 3.63) is 21.3 Å². The largest absolute Gasteiger partial charge is 0.326 e. The van der Waals surface area contributed by atoms with Crippen molar-refractivity contribution in [1.29, 1.82) is 0 Å². The van der Waals surface area contributed by atoms with E-state index in [4.69, 9.17) is 17.3 Å². The lowest BCUT2D eigenvalue weighted by Gasteiger charge is -2.33. The number of halogens is 1. The van der Waals surface area contributed by atoms with Crippen molar-refractivity contribution in [2.45, 2.75) is 32.4 Å². The molecule has 110 valence electrons. The summed E-state index contributed by atoms with van der Waals surface area (Å²) in [6.45, 7) is 7.45.